The molecule has 1 N–H and O–H groups in total. The van der Waals surface area contributed by atoms with Crippen LogP contribution in [0.25, 0.3) is 0 Å². The van der Waals surface area contributed by atoms with Crippen LogP contribution in [0.15, 0.2) is 18.2 Å². The van der Waals surface area contributed by atoms with Crippen molar-refractivity contribution in [1.29, 1.82) is 0 Å². The topological polar surface area (TPSA) is 30.5 Å². The Morgan fingerprint density at radius 3 is 2.50 bits per heavy atom. The Bertz CT molecular complexity index is 432. The average molecular weight is 336 g/mol. The first-order chi connectivity index (χ1) is 11.7. The number of nitrogens with one attached hydrogen (secondary N) is 1. The molecule has 0 saturated heterocycles. The summed E-state index contributed by atoms with van der Waals surface area (Å²) in [5, 5.41) is 3.55. The first-order valence-corrected chi connectivity index (χ1v) is 9.68. The third-order valence-electron chi connectivity index (χ3n) is 4.24. The molecular weight excluding hydrogens is 298 g/mol. The van der Waals surface area contributed by atoms with Gasteiger partial charge < -0.3 is 14.8 Å². The molecule has 138 valence electrons. The van der Waals surface area contributed by atoms with Gasteiger partial charge in [-0.1, -0.05) is 65.0 Å². The van der Waals surface area contributed by atoms with Crippen LogP contribution in [0, 0.1) is 5.92 Å². The fourth-order valence-corrected chi connectivity index (χ4v) is 2.68. The highest BCUT2D eigenvalue weighted by Crippen LogP contribution is 2.31. The molecule has 0 fully saturated rings. The van der Waals surface area contributed by atoms with Gasteiger partial charge in [-0.3, -0.25) is 0 Å². The maximum absolute atomic E-state index is 6.03. The minimum absolute atomic E-state index is 0.647. The van der Waals surface area contributed by atoms with Gasteiger partial charge in [-0.2, -0.15) is 0 Å². The Kier molecular flexibility index (Phi) is 11.4. The van der Waals surface area contributed by atoms with Crippen LogP contribution in [-0.4, -0.2) is 20.3 Å². The zero-order valence-electron chi connectivity index (χ0n) is 16.2. The summed E-state index contributed by atoms with van der Waals surface area (Å²) in [4.78, 5) is 0. The van der Waals surface area contributed by atoms with Gasteiger partial charge in [0.05, 0.1) is 13.7 Å². The van der Waals surface area contributed by atoms with E-state index in [0.717, 1.165) is 37.6 Å². The van der Waals surface area contributed by atoms with Crippen LogP contribution in [0.2, 0.25) is 0 Å². The normalized spacial score (nSPS) is 11.0. The molecule has 0 spiro atoms. The number of ether oxygens (including phenoxy) is 2. The van der Waals surface area contributed by atoms with Gasteiger partial charge in [0.15, 0.2) is 11.5 Å². The molecule has 0 bridgehead atoms. The van der Waals surface area contributed by atoms with Gasteiger partial charge in [0, 0.05) is 12.1 Å². The standard InChI is InChI=1S/C21H37NO2/c1-5-6-7-8-9-10-15-22-17-19-12-11-13-20(23-4)21(19)24-16-14-18(2)3/h11-13,18,22H,5-10,14-17H2,1-4H3. The van der Waals surface area contributed by atoms with Gasteiger partial charge in [-0.25, -0.2) is 0 Å². The zero-order valence-corrected chi connectivity index (χ0v) is 16.2. The second-order valence-electron chi connectivity index (χ2n) is 6.92. The largest absolute Gasteiger partial charge is 0.493 e. The second-order valence-corrected chi connectivity index (χ2v) is 6.92. The lowest BCUT2D eigenvalue weighted by molar-refractivity contribution is 0.269. The molecule has 0 amide bonds. The molecule has 0 aliphatic carbocycles. The molecule has 0 saturated carbocycles. The molecule has 0 atom stereocenters. The van der Waals surface area contributed by atoms with Crippen molar-refractivity contribution in [3.8, 4) is 11.5 Å². The second kappa shape index (κ2) is 13.1. The number of benzene rings is 1. The van der Waals surface area contributed by atoms with Gasteiger partial charge in [-0.05, 0) is 31.4 Å². The van der Waals surface area contributed by atoms with E-state index in [1.165, 1.54) is 44.1 Å². The van der Waals surface area contributed by atoms with E-state index in [0.29, 0.717) is 5.92 Å². The summed E-state index contributed by atoms with van der Waals surface area (Å²) < 4.78 is 11.5. The maximum Gasteiger partial charge on any atom is 0.165 e. The van der Waals surface area contributed by atoms with Gasteiger partial charge in [-0.15, -0.1) is 0 Å². The van der Waals surface area contributed by atoms with Gasteiger partial charge in [0.25, 0.3) is 0 Å². The molecule has 0 unspecified atom stereocenters. The van der Waals surface area contributed by atoms with Crippen molar-refractivity contribution in [2.24, 2.45) is 5.92 Å². The predicted octanol–water partition coefficient (Wildman–Crippen LogP) is 5.57. The summed E-state index contributed by atoms with van der Waals surface area (Å²) in [7, 11) is 1.71. The van der Waals surface area contributed by atoms with Crippen molar-refractivity contribution in [2.45, 2.75) is 72.3 Å². The van der Waals surface area contributed by atoms with Crippen LogP contribution in [0.1, 0.15) is 71.3 Å². The fraction of sp³-hybridized carbons (Fsp3) is 0.714. The van der Waals surface area contributed by atoms with Crippen molar-refractivity contribution in [3.63, 3.8) is 0 Å². The minimum atomic E-state index is 0.647. The van der Waals surface area contributed by atoms with Crippen molar-refractivity contribution in [1.82, 2.24) is 5.32 Å². The van der Waals surface area contributed by atoms with E-state index in [1.807, 2.05) is 12.1 Å². The lowest BCUT2D eigenvalue weighted by atomic mass is 10.1. The van der Waals surface area contributed by atoms with Crippen LogP contribution < -0.4 is 14.8 Å². The van der Waals surface area contributed by atoms with E-state index in [-0.39, 0.29) is 0 Å². The van der Waals surface area contributed by atoms with Crippen LogP contribution in [-0.2, 0) is 6.54 Å². The quantitative estimate of drug-likeness (QED) is 0.451. The molecule has 3 nitrogen and oxygen atoms in total. The lowest BCUT2D eigenvalue weighted by Gasteiger charge is -2.16. The molecule has 0 radical (unpaired) electrons. The van der Waals surface area contributed by atoms with Crippen LogP contribution >= 0.6 is 0 Å². The first-order valence-electron chi connectivity index (χ1n) is 9.68. The molecule has 0 heterocycles. The van der Waals surface area contributed by atoms with Crippen molar-refractivity contribution >= 4 is 0 Å². The summed E-state index contributed by atoms with van der Waals surface area (Å²) in [5.41, 5.74) is 1.18. The smallest absolute Gasteiger partial charge is 0.165 e. The number of methoxy groups -OCH3 is 1. The molecule has 0 aliphatic heterocycles. The Hall–Kier alpha value is -1.22. The van der Waals surface area contributed by atoms with Crippen LogP contribution in [0.5, 0.6) is 11.5 Å². The maximum atomic E-state index is 6.03. The molecule has 3 heteroatoms. The number of hydrogen-bond acceptors (Lipinski definition) is 3. The van der Waals surface area contributed by atoms with E-state index in [1.54, 1.807) is 7.11 Å². The van der Waals surface area contributed by atoms with Crippen molar-refractivity contribution < 1.29 is 9.47 Å². The Labute approximate surface area is 149 Å². The third-order valence-corrected chi connectivity index (χ3v) is 4.24. The predicted molar refractivity (Wildman–Crippen MR) is 103 cm³/mol. The minimum Gasteiger partial charge on any atom is -0.493 e. The van der Waals surface area contributed by atoms with Gasteiger partial charge in [0.2, 0.25) is 0 Å². The van der Waals surface area contributed by atoms with E-state index in [4.69, 9.17) is 9.47 Å². The monoisotopic (exact) mass is 335 g/mol. The summed E-state index contributed by atoms with van der Waals surface area (Å²) in [6.45, 7) is 9.33. The summed E-state index contributed by atoms with van der Waals surface area (Å²) in [6, 6.07) is 6.14. The third kappa shape index (κ3) is 8.58. The summed E-state index contributed by atoms with van der Waals surface area (Å²) in [6.07, 6.45) is 9.04. The van der Waals surface area contributed by atoms with Crippen molar-refractivity contribution in [3.05, 3.63) is 23.8 Å². The SMILES string of the molecule is CCCCCCCCNCc1cccc(OC)c1OCCC(C)C. The Morgan fingerprint density at radius 1 is 1.04 bits per heavy atom. The molecule has 1 aromatic carbocycles. The molecule has 1 rings (SSSR count). The summed E-state index contributed by atoms with van der Waals surface area (Å²) in [5.74, 6) is 2.38. The van der Waals surface area contributed by atoms with E-state index in [9.17, 15) is 0 Å². The Morgan fingerprint density at radius 2 is 1.79 bits per heavy atom. The zero-order chi connectivity index (χ0) is 17.6. The van der Waals surface area contributed by atoms with Crippen LogP contribution in [0.4, 0.5) is 0 Å². The number of rotatable bonds is 14. The van der Waals surface area contributed by atoms with E-state index >= 15 is 0 Å². The lowest BCUT2D eigenvalue weighted by Crippen LogP contribution is -2.16. The molecule has 0 aromatic heterocycles. The highest BCUT2D eigenvalue weighted by Gasteiger charge is 2.10. The van der Waals surface area contributed by atoms with Gasteiger partial charge in [0.1, 0.15) is 0 Å². The summed E-state index contributed by atoms with van der Waals surface area (Å²) >= 11 is 0. The van der Waals surface area contributed by atoms with Crippen molar-refractivity contribution in [2.75, 3.05) is 20.3 Å². The number of para-hydroxylation sites is 1. The number of unbranched alkanes of at least 4 members (excludes halogenated alkanes) is 5. The van der Waals surface area contributed by atoms with E-state index in [2.05, 4.69) is 32.2 Å². The van der Waals surface area contributed by atoms with Gasteiger partial charge >= 0.3 is 0 Å². The highest BCUT2D eigenvalue weighted by molar-refractivity contribution is 5.46. The first kappa shape index (κ1) is 20.8. The molecule has 1 aromatic rings. The molecular formula is C21H37NO2. The van der Waals surface area contributed by atoms with Crippen LogP contribution in [0.3, 0.4) is 0 Å². The molecule has 24 heavy (non-hydrogen) atoms. The average Bonchev–Trinajstić information content (AvgIpc) is 2.57. The molecule has 0 aliphatic rings. The Balaban J connectivity index is 2.39. The fourth-order valence-electron chi connectivity index (χ4n) is 2.68. The van der Waals surface area contributed by atoms with E-state index < -0.39 is 0 Å². The highest BCUT2D eigenvalue weighted by atomic mass is 16.5. The number of hydrogen-bond donors (Lipinski definition) is 1.